The van der Waals surface area contributed by atoms with Gasteiger partial charge in [0.2, 0.25) is 5.91 Å². The van der Waals surface area contributed by atoms with Crippen molar-refractivity contribution in [2.24, 2.45) is 0 Å². The predicted molar refractivity (Wildman–Crippen MR) is 91.7 cm³/mol. The Bertz CT molecular complexity index is 435. The molecule has 0 unspecified atom stereocenters. The number of hydrogen-bond donors (Lipinski definition) is 2. The number of nitrogens with two attached hydrogens (primary N) is 1. The van der Waals surface area contributed by atoms with Crippen LogP contribution in [-0.2, 0) is 4.79 Å². The first-order valence-corrected chi connectivity index (χ1v) is 8.36. The molecule has 0 aliphatic heterocycles. The molecule has 0 bridgehead atoms. The first kappa shape index (κ1) is 17.8. The maximum absolute atomic E-state index is 11.8. The van der Waals surface area contributed by atoms with E-state index in [9.17, 15) is 4.79 Å². The molecule has 0 atom stereocenters. The summed E-state index contributed by atoms with van der Waals surface area (Å²) in [4.78, 5) is 11.8. The van der Waals surface area contributed by atoms with Crippen LogP contribution in [0.25, 0.3) is 0 Å². The van der Waals surface area contributed by atoms with E-state index in [0.717, 1.165) is 12.8 Å². The van der Waals surface area contributed by atoms with Gasteiger partial charge in [-0.15, -0.1) is 0 Å². The maximum atomic E-state index is 11.8. The van der Waals surface area contributed by atoms with Gasteiger partial charge < -0.3 is 11.1 Å². The number of unbranched alkanes of at least 4 members (excludes halogenated alkanes) is 7. The molecular formula is C17H27ClN2O. The summed E-state index contributed by atoms with van der Waals surface area (Å²) in [6, 6.07) is 5.15. The predicted octanol–water partition coefficient (Wildman–Crippen LogP) is 5.39. The second-order valence-corrected chi connectivity index (χ2v) is 5.92. The van der Waals surface area contributed by atoms with Crippen LogP contribution in [0, 0.1) is 0 Å². The maximum Gasteiger partial charge on any atom is 0.224 e. The van der Waals surface area contributed by atoms with Crippen LogP contribution in [0.5, 0.6) is 0 Å². The molecule has 0 radical (unpaired) electrons. The van der Waals surface area contributed by atoms with Gasteiger partial charge >= 0.3 is 0 Å². The molecule has 0 heterocycles. The third kappa shape index (κ3) is 7.96. The average molecular weight is 311 g/mol. The summed E-state index contributed by atoms with van der Waals surface area (Å²) in [7, 11) is 0. The SMILES string of the molecule is CCCCCCCCCCC(=O)Nc1ccc(Cl)c(N)c1. The molecule has 1 aromatic rings. The standard InChI is InChI=1S/C17H27ClN2O/c1-2-3-4-5-6-7-8-9-10-17(21)20-14-11-12-15(18)16(19)13-14/h11-13H,2-10,19H2,1H3,(H,20,21). The summed E-state index contributed by atoms with van der Waals surface area (Å²) in [5.74, 6) is 0.0442. The summed E-state index contributed by atoms with van der Waals surface area (Å²) < 4.78 is 0. The van der Waals surface area contributed by atoms with E-state index < -0.39 is 0 Å². The summed E-state index contributed by atoms with van der Waals surface area (Å²) in [6.45, 7) is 2.23. The Labute approximate surface area is 133 Å². The van der Waals surface area contributed by atoms with Gasteiger partial charge in [0.05, 0.1) is 10.7 Å². The van der Waals surface area contributed by atoms with E-state index in [-0.39, 0.29) is 5.91 Å². The average Bonchev–Trinajstić information content (AvgIpc) is 2.46. The molecule has 0 spiro atoms. The molecule has 1 amide bonds. The molecule has 118 valence electrons. The van der Waals surface area contributed by atoms with E-state index >= 15 is 0 Å². The molecule has 1 rings (SSSR count). The number of benzene rings is 1. The monoisotopic (exact) mass is 310 g/mol. The largest absolute Gasteiger partial charge is 0.397 e. The molecule has 0 saturated heterocycles. The highest BCUT2D eigenvalue weighted by atomic mass is 35.5. The number of nitrogen functional groups attached to an aromatic ring is 1. The highest BCUT2D eigenvalue weighted by molar-refractivity contribution is 6.33. The van der Waals surface area contributed by atoms with Crippen LogP contribution in [0.15, 0.2) is 18.2 Å². The van der Waals surface area contributed by atoms with Crippen LogP contribution in [0.4, 0.5) is 11.4 Å². The van der Waals surface area contributed by atoms with Crippen molar-refractivity contribution in [2.45, 2.75) is 64.7 Å². The van der Waals surface area contributed by atoms with Gasteiger partial charge in [0, 0.05) is 12.1 Å². The smallest absolute Gasteiger partial charge is 0.224 e. The van der Waals surface area contributed by atoms with Crippen LogP contribution < -0.4 is 11.1 Å². The molecular weight excluding hydrogens is 284 g/mol. The molecule has 0 aliphatic carbocycles. The molecule has 0 saturated carbocycles. The summed E-state index contributed by atoms with van der Waals surface area (Å²) in [5, 5.41) is 3.36. The van der Waals surface area contributed by atoms with E-state index in [1.807, 2.05) is 0 Å². The Kier molecular flexibility index (Phi) is 8.91. The van der Waals surface area contributed by atoms with Crippen molar-refractivity contribution in [2.75, 3.05) is 11.1 Å². The fraction of sp³-hybridized carbons (Fsp3) is 0.588. The molecule has 0 fully saturated rings. The minimum atomic E-state index is 0.0442. The summed E-state index contributed by atoms with van der Waals surface area (Å²) in [5.41, 5.74) is 6.90. The van der Waals surface area contributed by atoms with Crippen molar-refractivity contribution in [3.8, 4) is 0 Å². The van der Waals surface area contributed by atoms with Gasteiger partial charge in [-0.05, 0) is 24.6 Å². The van der Waals surface area contributed by atoms with Crippen LogP contribution in [0.1, 0.15) is 64.7 Å². The lowest BCUT2D eigenvalue weighted by molar-refractivity contribution is -0.116. The van der Waals surface area contributed by atoms with E-state index in [1.165, 1.54) is 38.5 Å². The Hall–Kier alpha value is -1.22. The lowest BCUT2D eigenvalue weighted by Crippen LogP contribution is -2.11. The first-order chi connectivity index (χ1) is 10.1. The third-order valence-corrected chi connectivity index (χ3v) is 3.88. The molecule has 1 aromatic carbocycles. The van der Waals surface area contributed by atoms with Gasteiger partial charge in [-0.25, -0.2) is 0 Å². The molecule has 4 heteroatoms. The number of amides is 1. The minimum Gasteiger partial charge on any atom is -0.397 e. The second-order valence-electron chi connectivity index (χ2n) is 5.51. The molecule has 0 aliphatic rings. The number of anilines is 2. The Morgan fingerprint density at radius 1 is 1.10 bits per heavy atom. The molecule has 0 aromatic heterocycles. The van der Waals surface area contributed by atoms with Crippen molar-refractivity contribution in [3.63, 3.8) is 0 Å². The topological polar surface area (TPSA) is 55.1 Å². The van der Waals surface area contributed by atoms with E-state index in [0.29, 0.717) is 22.8 Å². The Balaban J connectivity index is 2.10. The fourth-order valence-corrected chi connectivity index (χ4v) is 2.38. The van der Waals surface area contributed by atoms with Crippen molar-refractivity contribution in [1.82, 2.24) is 0 Å². The van der Waals surface area contributed by atoms with E-state index in [2.05, 4.69) is 12.2 Å². The van der Waals surface area contributed by atoms with Crippen LogP contribution in [-0.4, -0.2) is 5.91 Å². The van der Waals surface area contributed by atoms with Crippen LogP contribution >= 0.6 is 11.6 Å². The Morgan fingerprint density at radius 3 is 2.33 bits per heavy atom. The zero-order valence-electron chi connectivity index (χ0n) is 13.0. The lowest BCUT2D eigenvalue weighted by atomic mass is 10.1. The summed E-state index contributed by atoms with van der Waals surface area (Å²) in [6.07, 6.45) is 10.4. The van der Waals surface area contributed by atoms with Gasteiger partial charge in [0.15, 0.2) is 0 Å². The summed E-state index contributed by atoms with van der Waals surface area (Å²) >= 11 is 5.84. The number of carbonyl (C=O) groups is 1. The van der Waals surface area contributed by atoms with Crippen molar-refractivity contribution in [3.05, 3.63) is 23.2 Å². The van der Waals surface area contributed by atoms with E-state index in [1.54, 1.807) is 18.2 Å². The van der Waals surface area contributed by atoms with Gasteiger partial charge in [0.25, 0.3) is 0 Å². The molecule has 3 N–H and O–H groups in total. The quantitative estimate of drug-likeness (QED) is 0.449. The highest BCUT2D eigenvalue weighted by Crippen LogP contribution is 2.22. The number of halogens is 1. The van der Waals surface area contributed by atoms with Crippen molar-refractivity contribution in [1.29, 1.82) is 0 Å². The van der Waals surface area contributed by atoms with Crippen LogP contribution in [0.2, 0.25) is 5.02 Å². The number of hydrogen-bond acceptors (Lipinski definition) is 2. The number of nitrogens with one attached hydrogen (secondary N) is 1. The van der Waals surface area contributed by atoms with Crippen molar-refractivity contribution < 1.29 is 4.79 Å². The lowest BCUT2D eigenvalue weighted by Gasteiger charge is -2.07. The number of carbonyl (C=O) groups excluding carboxylic acids is 1. The number of rotatable bonds is 10. The fourth-order valence-electron chi connectivity index (χ4n) is 2.26. The minimum absolute atomic E-state index is 0.0442. The third-order valence-electron chi connectivity index (χ3n) is 3.54. The van der Waals surface area contributed by atoms with Gasteiger partial charge in [0.1, 0.15) is 0 Å². The first-order valence-electron chi connectivity index (χ1n) is 7.98. The van der Waals surface area contributed by atoms with Crippen LogP contribution in [0.3, 0.4) is 0 Å². The van der Waals surface area contributed by atoms with Gasteiger partial charge in [-0.1, -0.05) is 63.5 Å². The molecule has 21 heavy (non-hydrogen) atoms. The zero-order valence-corrected chi connectivity index (χ0v) is 13.7. The Morgan fingerprint density at radius 2 is 1.71 bits per heavy atom. The van der Waals surface area contributed by atoms with E-state index in [4.69, 9.17) is 17.3 Å². The van der Waals surface area contributed by atoms with Crippen molar-refractivity contribution >= 4 is 28.9 Å². The van der Waals surface area contributed by atoms with Gasteiger partial charge in [-0.3, -0.25) is 4.79 Å². The second kappa shape index (κ2) is 10.5. The van der Waals surface area contributed by atoms with Gasteiger partial charge in [-0.2, -0.15) is 0 Å². The molecule has 3 nitrogen and oxygen atoms in total. The zero-order chi connectivity index (χ0) is 15.5. The highest BCUT2D eigenvalue weighted by Gasteiger charge is 2.04. The normalized spacial score (nSPS) is 10.6.